The Morgan fingerprint density at radius 2 is 2.36 bits per heavy atom. The molecule has 1 aliphatic rings. The van der Waals surface area contributed by atoms with Gasteiger partial charge in [-0.2, -0.15) is 4.52 Å². The summed E-state index contributed by atoms with van der Waals surface area (Å²) >= 11 is 0. The molecule has 2 atom stereocenters. The molecule has 2 heterocycles. The maximum Gasteiger partial charge on any atom is 0.199 e. The molecular formula is C8H10N6. The Morgan fingerprint density at radius 1 is 1.50 bits per heavy atom. The third-order valence-electron chi connectivity index (χ3n) is 2.55. The van der Waals surface area contributed by atoms with Crippen LogP contribution in [-0.2, 0) is 0 Å². The van der Waals surface area contributed by atoms with E-state index < -0.39 is 0 Å². The van der Waals surface area contributed by atoms with Crippen molar-refractivity contribution >= 4 is 11.5 Å². The minimum absolute atomic E-state index is 0.548. The SMILES string of the molecule is C[C@@H]1C[C@H]1Nc1cncc2nnnn12. The van der Waals surface area contributed by atoms with Crippen LogP contribution in [0.2, 0.25) is 0 Å². The second-order valence-electron chi connectivity index (χ2n) is 3.71. The molecule has 0 saturated heterocycles. The van der Waals surface area contributed by atoms with Crippen LogP contribution < -0.4 is 5.32 Å². The highest BCUT2D eigenvalue weighted by Gasteiger charge is 2.32. The zero-order valence-corrected chi connectivity index (χ0v) is 7.75. The number of anilines is 1. The Hall–Kier alpha value is -1.72. The average molecular weight is 190 g/mol. The smallest absolute Gasteiger partial charge is 0.199 e. The van der Waals surface area contributed by atoms with Gasteiger partial charge in [0.15, 0.2) is 11.5 Å². The van der Waals surface area contributed by atoms with Gasteiger partial charge in [0.05, 0.1) is 12.4 Å². The molecule has 0 spiro atoms. The first-order valence-corrected chi connectivity index (χ1v) is 4.63. The maximum absolute atomic E-state index is 4.07. The van der Waals surface area contributed by atoms with E-state index in [4.69, 9.17) is 0 Å². The summed E-state index contributed by atoms with van der Waals surface area (Å²) in [4.78, 5) is 4.07. The lowest BCUT2D eigenvalue weighted by molar-refractivity contribution is 0.813. The molecule has 1 fully saturated rings. The molecule has 2 aromatic heterocycles. The lowest BCUT2D eigenvalue weighted by Gasteiger charge is -2.04. The Balaban J connectivity index is 1.98. The van der Waals surface area contributed by atoms with E-state index >= 15 is 0 Å². The Morgan fingerprint density at radius 3 is 3.14 bits per heavy atom. The average Bonchev–Trinajstić information content (AvgIpc) is 2.69. The van der Waals surface area contributed by atoms with E-state index in [-0.39, 0.29) is 0 Å². The Bertz CT molecular complexity index is 464. The number of rotatable bonds is 2. The maximum atomic E-state index is 4.07. The zero-order valence-electron chi connectivity index (χ0n) is 7.75. The van der Waals surface area contributed by atoms with E-state index in [0.717, 1.165) is 11.7 Å². The van der Waals surface area contributed by atoms with Gasteiger partial charge in [-0.05, 0) is 22.8 Å². The molecule has 0 amide bonds. The quantitative estimate of drug-likeness (QED) is 0.739. The predicted octanol–water partition coefficient (Wildman–Crippen LogP) is 0.340. The number of fused-ring (bicyclic) bond motifs is 1. The van der Waals surface area contributed by atoms with Gasteiger partial charge in [-0.1, -0.05) is 6.92 Å². The molecule has 0 unspecified atom stereocenters. The summed E-state index contributed by atoms with van der Waals surface area (Å²) in [5.74, 6) is 1.60. The van der Waals surface area contributed by atoms with Crippen molar-refractivity contribution in [2.75, 3.05) is 5.32 Å². The fraction of sp³-hybridized carbons (Fsp3) is 0.500. The summed E-state index contributed by atoms with van der Waals surface area (Å²) in [5.41, 5.74) is 0.670. The minimum Gasteiger partial charge on any atom is -0.366 e. The van der Waals surface area contributed by atoms with E-state index in [1.165, 1.54) is 6.42 Å². The summed E-state index contributed by atoms with van der Waals surface area (Å²) in [6, 6.07) is 0.548. The molecular weight excluding hydrogens is 180 g/mol. The van der Waals surface area contributed by atoms with E-state index in [0.29, 0.717) is 11.7 Å². The van der Waals surface area contributed by atoms with Crippen LogP contribution in [0.3, 0.4) is 0 Å². The van der Waals surface area contributed by atoms with Crippen molar-refractivity contribution in [3.63, 3.8) is 0 Å². The van der Waals surface area contributed by atoms with Gasteiger partial charge in [0.1, 0.15) is 0 Å². The van der Waals surface area contributed by atoms with Crippen molar-refractivity contribution in [1.82, 2.24) is 25.0 Å². The molecule has 14 heavy (non-hydrogen) atoms. The lowest BCUT2D eigenvalue weighted by Crippen LogP contribution is -2.08. The molecule has 2 aromatic rings. The molecule has 6 heteroatoms. The van der Waals surface area contributed by atoms with Gasteiger partial charge in [-0.25, -0.2) is 0 Å². The molecule has 1 aliphatic carbocycles. The first kappa shape index (κ1) is 7.66. The summed E-state index contributed by atoms with van der Waals surface area (Å²) < 4.78 is 1.66. The largest absolute Gasteiger partial charge is 0.366 e. The van der Waals surface area contributed by atoms with Crippen LogP contribution in [0.5, 0.6) is 0 Å². The molecule has 1 saturated carbocycles. The third-order valence-corrected chi connectivity index (χ3v) is 2.55. The Kier molecular flexibility index (Phi) is 1.44. The number of tetrazole rings is 1. The van der Waals surface area contributed by atoms with Gasteiger partial charge in [-0.3, -0.25) is 4.98 Å². The van der Waals surface area contributed by atoms with E-state index in [2.05, 4.69) is 32.7 Å². The van der Waals surface area contributed by atoms with Gasteiger partial charge in [-0.15, -0.1) is 5.10 Å². The fourth-order valence-electron chi connectivity index (χ4n) is 1.49. The highest BCUT2D eigenvalue weighted by molar-refractivity contribution is 5.45. The second-order valence-corrected chi connectivity index (χ2v) is 3.71. The number of aromatic nitrogens is 5. The van der Waals surface area contributed by atoms with Crippen LogP contribution in [0.4, 0.5) is 5.82 Å². The minimum atomic E-state index is 0.548. The van der Waals surface area contributed by atoms with Crippen LogP contribution in [-0.4, -0.2) is 31.1 Å². The van der Waals surface area contributed by atoms with Crippen LogP contribution in [0.1, 0.15) is 13.3 Å². The predicted molar refractivity (Wildman–Crippen MR) is 49.8 cm³/mol. The molecule has 0 aromatic carbocycles. The van der Waals surface area contributed by atoms with E-state index in [1.807, 2.05) is 0 Å². The summed E-state index contributed by atoms with van der Waals surface area (Å²) in [5, 5.41) is 14.6. The van der Waals surface area contributed by atoms with Gasteiger partial charge in [0, 0.05) is 6.04 Å². The second kappa shape index (κ2) is 2.63. The van der Waals surface area contributed by atoms with Crippen molar-refractivity contribution in [3.05, 3.63) is 12.4 Å². The number of nitrogens with zero attached hydrogens (tertiary/aromatic N) is 5. The van der Waals surface area contributed by atoms with Crippen molar-refractivity contribution < 1.29 is 0 Å². The van der Waals surface area contributed by atoms with E-state index in [9.17, 15) is 0 Å². The van der Waals surface area contributed by atoms with Gasteiger partial charge in [0.2, 0.25) is 0 Å². The highest BCUT2D eigenvalue weighted by Crippen LogP contribution is 2.32. The van der Waals surface area contributed by atoms with Crippen molar-refractivity contribution in [3.8, 4) is 0 Å². The summed E-state index contributed by atoms with van der Waals surface area (Å²) in [7, 11) is 0. The monoisotopic (exact) mass is 190 g/mol. The summed E-state index contributed by atoms with van der Waals surface area (Å²) in [6.07, 6.45) is 4.59. The van der Waals surface area contributed by atoms with Gasteiger partial charge in [0.25, 0.3) is 0 Å². The third kappa shape index (κ3) is 1.11. The first-order chi connectivity index (χ1) is 6.84. The Labute approximate surface area is 80.3 Å². The molecule has 6 nitrogen and oxygen atoms in total. The molecule has 0 radical (unpaired) electrons. The normalized spacial score (nSPS) is 25.2. The zero-order chi connectivity index (χ0) is 9.54. The first-order valence-electron chi connectivity index (χ1n) is 4.63. The molecule has 1 N–H and O–H groups in total. The number of hydrogen-bond acceptors (Lipinski definition) is 5. The van der Waals surface area contributed by atoms with Crippen molar-refractivity contribution in [1.29, 1.82) is 0 Å². The standard InChI is InChI=1S/C8H10N6/c1-5-2-6(5)10-7-3-9-4-8-11-12-13-14(7)8/h3-6,10H,2H2,1H3/t5-,6-/m1/s1. The van der Waals surface area contributed by atoms with Gasteiger partial charge < -0.3 is 5.32 Å². The molecule has 0 aliphatic heterocycles. The molecule has 3 rings (SSSR count). The molecule has 72 valence electrons. The van der Waals surface area contributed by atoms with E-state index in [1.54, 1.807) is 16.9 Å². The van der Waals surface area contributed by atoms with Crippen molar-refractivity contribution in [2.45, 2.75) is 19.4 Å². The van der Waals surface area contributed by atoms with Crippen LogP contribution in [0, 0.1) is 5.92 Å². The highest BCUT2D eigenvalue weighted by atomic mass is 15.5. The van der Waals surface area contributed by atoms with Gasteiger partial charge >= 0.3 is 0 Å². The number of hydrogen-bond donors (Lipinski definition) is 1. The van der Waals surface area contributed by atoms with Crippen molar-refractivity contribution in [2.24, 2.45) is 5.92 Å². The number of nitrogens with one attached hydrogen (secondary N) is 1. The summed E-state index contributed by atoms with van der Waals surface area (Å²) in [6.45, 7) is 2.21. The van der Waals surface area contributed by atoms with Crippen LogP contribution >= 0.6 is 0 Å². The fourth-order valence-corrected chi connectivity index (χ4v) is 1.49. The van der Waals surface area contributed by atoms with Crippen LogP contribution in [0.15, 0.2) is 12.4 Å². The lowest BCUT2D eigenvalue weighted by atomic mass is 10.5. The topological polar surface area (TPSA) is 68.0 Å². The van der Waals surface area contributed by atoms with Crippen LogP contribution in [0.25, 0.3) is 5.65 Å². The molecule has 0 bridgehead atoms.